The van der Waals surface area contributed by atoms with Gasteiger partial charge < -0.3 is 9.73 Å². The van der Waals surface area contributed by atoms with E-state index < -0.39 is 0 Å². The second kappa shape index (κ2) is 5.54. The van der Waals surface area contributed by atoms with Crippen molar-refractivity contribution in [3.05, 3.63) is 53.5 Å². The van der Waals surface area contributed by atoms with Gasteiger partial charge in [0.1, 0.15) is 6.26 Å². The molecule has 1 N–H and O–H groups in total. The first-order chi connectivity index (χ1) is 8.76. The van der Waals surface area contributed by atoms with Crippen LogP contribution in [0.2, 0.25) is 0 Å². The number of carbonyl (C=O) groups is 1. The maximum atomic E-state index is 12.0. The Morgan fingerprint density at radius 1 is 1.17 bits per heavy atom. The third kappa shape index (κ3) is 2.45. The molecule has 1 aromatic heterocycles. The van der Waals surface area contributed by atoms with Crippen molar-refractivity contribution in [2.45, 2.75) is 26.7 Å². The maximum Gasteiger partial charge on any atom is 0.258 e. The quantitative estimate of drug-likeness (QED) is 0.890. The van der Waals surface area contributed by atoms with Crippen molar-refractivity contribution in [1.82, 2.24) is 0 Å². The van der Waals surface area contributed by atoms with Gasteiger partial charge in [0, 0.05) is 5.69 Å². The second-order valence-corrected chi connectivity index (χ2v) is 4.12. The van der Waals surface area contributed by atoms with Crippen LogP contribution in [0, 0.1) is 0 Å². The molecule has 2 aromatic rings. The topological polar surface area (TPSA) is 42.2 Å². The Morgan fingerprint density at radius 2 is 1.83 bits per heavy atom. The van der Waals surface area contributed by atoms with E-state index in [0.29, 0.717) is 5.56 Å². The van der Waals surface area contributed by atoms with Crippen molar-refractivity contribution in [3.8, 4) is 0 Å². The van der Waals surface area contributed by atoms with E-state index in [4.69, 9.17) is 4.42 Å². The van der Waals surface area contributed by atoms with Crippen LogP contribution in [0.15, 0.2) is 41.2 Å². The number of hydrogen-bond donors (Lipinski definition) is 1. The Morgan fingerprint density at radius 3 is 2.33 bits per heavy atom. The van der Waals surface area contributed by atoms with E-state index in [9.17, 15) is 4.79 Å². The molecule has 3 nitrogen and oxygen atoms in total. The molecule has 1 heterocycles. The largest absolute Gasteiger partial charge is 0.472 e. The third-order valence-corrected chi connectivity index (χ3v) is 3.02. The average molecular weight is 243 g/mol. The Labute approximate surface area is 107 Å². The molecule has 0 unspecified atom stereocenters. The number of para-hydroxylation sites is 1. The summed E-state index contributed by atoms with van der Waals surface area (Å²) in [5, 5.41) is 2.98. The highest BCUT2D eigenvalue weighted by atomic mass is 16.3. The molecule has 0 radical (unpaired) electrons. The molecular weight excluding hydrogens is 226 g/mol. The van der Waals surface area contributed by atoms with Crippen LogP contribution in [0.3, 0.4) is 0 Å². The summed E-state index contributed by atoms with van der Waals surface area (Å²) < 4.78 is 4.93. The minimum Gasteiger partial charge on any atom is -0.472 e. The molecule has 18 heavy (non-hydrogen) atoms. The van der Waals surface area contributed by atoms with Crippen LogP contribution in [0.25, 0.3) is 0 Å². The maximum absolute atomic E-state index is 12.0. The second-order valence-electron chi connectivity index (χ2n) is 4.12. The highest BCUT2D eigenvalue weighted by Gasteiger charge is 2.12. The summed E-state index contributed by atoms with van der Waals surface area (Å²) in [6.45, 7) is 4.17. The summed E-state index contributed by atoms with van der Waals surface area (Å²) in [6, 6.07) is 7.79. The van der Waals surface area contributed by atoms with Crippen LogP contribution in [0.5, 0.6) is 0 Å². The van der Waals surface area contributed by atoms with E-state index in [1.54, 1.807) is 6.07 Å². The zero-order valence-electron chi connectivity index (χ0n) is 10.7. The van der Waals surface area contributed by atoms with Gasteiger partial charge in [-0.05, 0) is 30.0 Å². The Hall–Kier alpha value is -2.03. The number of carbonyl (C=O) groups excluding carboxylic acids is 1. The summed E-state index contributed by atoms with van der Waals surface area (Å²) >= 11 is 0. The van der Waals surface area contributed by atoms with Gasteiger partial charge in [-0.15, -0.1) is 0 Å². The van der Waals surface area contributed by atoms with Gasteiger partial charge in [0.05, 0.1) is 11.8 Å². The molecule has 94 valence electrons. The number of amides is 1. The van der Waals surface area contributed by atoms with Crippen molar-refractivity contribution < 1.29 is 9.21 Å². The number of hydrogen-bond acceptors (Lipinski definition) is 2. The number of nitrogens with one attached hydrogen (secondary N) is 1. The van der Waals surface area contributed by atoms with Gasteiger partial charge >= 0.3 is 0 Å². The van der Waals surface area contributed by atoms with Crippen molar-refractivity contribution in [2.24, 2.45) is 0 Å². The molecule has 3 heteroatoms. The summed E-state index contributed by atoms with van der Waals surface area (Å²) in [4.78, 5) is 12.0. The van der Waals surface area contributed by atoms with Gasteiger partial charge in [-0.2, -0.15) is 0 Å². The number of benzene rings is 1. The van der Waals surface area contributed by atoms with Crippen molar-refractivity contribution in [2.75, 3.05) is 5.32 Å². The predicted octanol–water partition coefficient (Wildman–Crippen LogP) is 3.66. The molecule has 0 atom stereocenters. The van der Waals surface area contributed by atoms with Gasteiger partial charge in [-0.1, -0.05) is 32.0 Å². The molecule has 0 aliphatic carbocycles. The Balaban J connectivity index is 2.30. The standard InChI is InChI=1S/C15H17NO2/c1-3-11-6-5-7-12(4-2)14(11)16-15(17)13-8-9-18-10-13/h5-10H,3-4H2,1-2H3,(H,16,17). The van der Waals surface area contributed by atoms with Gasteiger partial charge in [0.25, 0.3) is 5.91 Å². The molecule has 0 fully saturated rings. The van der Waals surface area contributed by atoms with E-state index >= 15 is 0 Å². The molecule has 1 amide bonds. The van der Waals surface area contributed by atoms with E-state index in [0.717, 1.165) is 29.7 Å². The highest BCUT2D eigenvalue weighted by Crippen LogP contribution is 2.23. The van der Waals surface area contributed by atoms with Crippen LogP contribution in [0.1, 0.15) is 35.3 Å². The highest BCUT2D eigenvalue weighted by molar-refractivity contribution is 6.04. The summed E-state index contributed by atoms with van der Waals surface area (Å²) in [6.07, 6.45) is 4.75. The summed E-state index contributed by atoms with van der Waals surface area (Å²) in [7, 11) is 0. The molecule has 1 aromatic carbocycles. The minimum atomic E-state index is -0.126. The fourth-order valence-corrected chi connectivity index (χ4v) is 1.98. The molecule has 0 aliphatic heterocycles. The van der Waals surface area contributed by atoms with Gasteiger partial charge in [0.15, 0.2) is 0 Å². The third-order valence-electron chi connectivity index (χ3n) is 3.02. The number of rotatable bonds is 4. The molecular formula is C15H17NO2. The van der Waals surface area contributed by atoms with Crippen LogP contribution in [-0.2, 0) is 12.8 Å². The first-order valence-electron chi connectivity index (χ1n) is 6.20. The summed E-state index contributed by atoms with van der Waals surface area (Å²) in [5.41, 5.74) is 3.80. The lowest BCUT2D eigenvalue weighted by Gasteiger charge is -2.13. The Kier molecular flexibility index (Phi) is 3.82. The molecule has 0 saturated carbocycles. The van der Waals surface area contributed by atoms with Crippen LogP contribution in [-0.4, -0.2) is 5.91 Å². The van der Waals surface area contributed by atoms with Crippen molar-refractivity contribution in [3.63, 3.8) is 0 Å². The van der Waals surface area contributed by atoms with Crippen molar-refractivity contribution >= 4 is 11.6 Å². The van der Waals surface area contributed by atoms with Gasteiger partial charge in [-0.25, -0.2) is 0 Å². The normalized spacial score (nSPS) is 10.3. The van der Waals surface area contributed by atoms with Crippen LogP contribution >= 0.6 is 0 Å². The number of aryl methyl sites for hydroxylation is 2. The molecule has 0 aliphatic rings. The summed E-state index contributed by atoms with van der Waals surface area (Å²) in [5.74, 6) is -0.126. The lowest BCUT2D eigenvalue weighted by atomic mass is 10.0. The monoisotopic (exact) mass is 243 g/mol. The molecule has 0 bridgehead atoms. The van der Waals surface area contributed by atoms with E-state index in [-0.39, 0.29) is 5.91 Å². The average Bonchev–Trinajstić information content (AvgIpc) is 2.93. The lowest BCUT2D eigenvalue weighted by Crippen LogP contribution is -2.14. The zero-order chi connectivity index (χ0) is 13.0. The predicted molar refractivity (Wildman–Crippen MR) is 71.9 cm³/mol. The van der Waals surface area contributed by atoms with Gasteiger partial charge in [-0.3, -0.25) is 4.79 Å². The minimum absolute atomic E-state index is 0.126. The SMILES string of the molecule is CCc1cccc(CC)c1NC(=O)c1ccoc1. The first-order valence-corrected chi connectivity index (χ1v) is 6.20. The van der Waals surface area contributed by atoms with Crippen LogP contribution in [0.4, 0.5) is 5.69 Å². The first kappa shape index (κ1) is 12.4. The molecule has 2 rings (SSSR count). The van der Waals surface area contributed by atoms with E-state index in [2.05, 4.69) is 19.2 Å². The van der Waals surface area contributed by atoms with E-state index in [1.807, 2.05) is 18.2 Å². The van der Waals surface area contributed by atoms with E-state index in [1.165, 1.54) is 12.5 Å². The van der Waals surface area contributed by atoms with Crippen molar-refractivity contribution in [1.29, 1.82) is 0 Å². The number of furan rings is 1. The smallest absolute Gasteiger partial charge is 0.258 e. The fraction of sp³-hybridized carbons (Fsp3) is 0.267. The Bertz CT molecular complexity index is 507. The molecule has 0 saturated heterocycles. The fourth-order valence-electron chi connectivity index (χ4n) is 1.98. The number of anilines is 1. The van der Waals surface area contributed by atoms with Crippen LogP contribution < -0.4 is 5.32 Å². The van der Waals surface area contributed by atoms with Gasteiger partial charge in [0.2, 0.25) is 0 Å². The zero-order valence-corrected chi connectivity index (χ0v) is 10.7. The molecule has 0 spiro atoms. The lowest BCUT2D eigenvalue weighted by molar-refractivity contribution is 0.102.